The standard InChI is InChI=1S/C27H50N2O/c30-27(21-28(23-13-5-1-6-14-23)24-15-7-2-8-16-24)22-29(25-17-9-3-10-18-25)26-19-11-4-12-20-26/h23-27,30H,1-22H2. The van der Waals surface area contributed by atoms with Gasteiger partial charge in [-0.05, 0) is 51.4 Å². The first kappa shape index (κ1) is 23.1. The fourth-order valence-corrected chi connectivity index (χ4v) is 7.39. The molecule has 0 aromatic carbocycles. The van der Waals surface area contributed by atoms with Crippen LogP contribution in [0.15, 0.2) is 0 Å². The minimum Gasteiger partial charge on any atom is -0.390 e. The number of aliphatic hydroxyl groups is 1. The van der Waals surface area contributed by atoms with E-state index in [1.807, 2.05) is 0 Å². The summed E-state index contributed by atoms with van der Waals surface area (Å²) in [5.74, 6) is 0. The molecule has 4 rings (SSSR count). The Morgan fingerprint density at radius 1 is 0.433 bits per heavy atom. The first-order valence-corrected chi connectivity index (χ1v) is 14.0. The maximum Gasteiger partial charge on any atom is 0.0794 e. The summed E-state index contributed by atoms with van der Waals surface area (Å²) in [5, 5.41) is 11.4. The molecule has 174 valence electrons. The quantitative estimate of drug-likeness (QED) is 0.502. The van der Waals surface area contributed by atoms with Crippen molar-refractivity contribution < 1.29 is 5.11 Å². The van der Waals surface area contributed by atoms with E-state index in [0.717, 1.165) is 37.3 Å². The molecule has 0 atom stereocenters. The Morgan fingerprint density at radius 3 is 0.900 bits per heavy atom. The first-order valence-electron chi connectivity index (χ1n) is 14.0. The summed E-state index contributed by atoms with van der Waals surface area (Å²) in [7, 11) is 0. The maximum atomic E-state index is 11.4. The molecule has 0 amide bonds. The van der Waals surface area contributed by atoms with Crippen LogP contribution >= 0.6 is 0 Å². The zero-order valence-corrected chi connectivity index (χ0v) is 19.8. The SMILES string of the molecule is OC(CN(C1CCCCC1)C1CCCCC1)CN(C1CCCCC1)C1CCCCC1. The lowest BCUT2D eigenvalue weighted by Gasteiger charge is -2.45. The molecule has 0 saturated heterocycles. The fourth-order valence-electron chi connectivity index (χ4n) is 7.39. The topological polar surface area (TPSA) is 26.7 Å². The summed E-state index contributed by atoms with van der Waals surface area (Å²) in [4.78, 5) is 5.64. The predicted octanol–water partition coefficient (Wildman–Crippen LogP) is 6.28. The monoisotopic (exact) mass is 418 g/mol. The molecule has 0 spiro atoms. The summed E-state index contributed by atoms with van der Waals surface area (Å²) < 4.78 is 0. The van der Waals surface area contributed by atoms with Crippen molar-refractivity contribution in [3.8, 4) is 0 Å². The molecule has 4 saturated carbocycles. The number of hydrogen-bond acceptors (Lipinski definition) is 3. The highest BCUT2D eigenvalue weighted by Crippen LogP contribution is 2.32. The van der Waals surface area contributed by atoms with Crippen LogP contribution in [-0.4, -0.2) is 58.3 Å². The Hall–Kier alpha value is -0.120. The van der Waals surface area contributed by atoms with Gasteiger partial charge in [-0.25, -0.2) is 0 Å². The lowest BCUT2D eigenvalue weighted by molar-refractivity contribution is -0.0105. The lowest BCUT2D eigenvalue weighted by atomic mass is 9.87. The molecule has 4 fully saturated rings. The molecule has 30 heavy (non-hydrogen) atoms. The van der Waals surface area contributed by atoms with Gasteiger partial charge in [0, 0.05) is 37.3 Å². The molecule has 0 aliphatic heterocycles. The third-order valence-electron chi connectivity index (χ3n) is 9.02. The van der Waals surface area contributed by atoms with Gasteiger partial charge < -0.3 is 5.11 Å². The molecular weight excluding hydrogens is 368 g/mol. The van der Waals surface area contributed by atoms with E-state index in [1.54, 1.807) is 0 Å². The Labute approximate surface area is 187 Å². The normalized spacial score (nSPS) is 26.8. The van der Waals surface area contributed by atoms with Crippen LogP contribution in [0.1, 0.15) is 128 Å². The van der Waals surface area contributed by atoms with Crippen molar-refractivity contribution >= 4 is 0 Å². The number of nitrogens with zero attached hydrogens (tertiary/aromatic N) is 2. The Bertz CT molecular complexity index is 381. The van der Waals surface area contributed by atoms with Gasteiger partial charge in [-0.3, -0.25) is 9.80 Å². The van der Waals surface area contributed by atoms with Crippen LogP contribution < -0.4 is 0 Å². The van der Waals surface area contributed by atoms with Crippen molar-refractivity contribution in [3.63, 3.8) is 0 Å². The summed E-state index contributed by atoms with van der Waals surface area (Å²) in [6.45, 7) is 1.87. The van der Waals surface area contributed by atoms with Gasteiger partial charge in [-0.2, -0.15) is 0 Å². The van der Waals surface area contributed by atoms with E-state index in [4.69, 9.17) is 0 Å². The van der Waals surface area contributed by atoms with Gasteiger partial charge in [-0.1, -0.05) is 77.0 Å². The average molecular weight is 419 g/mol. The van der Waals surface area contributed by atoms with Gasteiger partial charge in [-0.15, -0.1) is 0 Å². The summed E-state index contributed by atoms with van der Waals surface area (Å²) >= 11 is 0. The number of hydrogen-bond donors (Lipinski definition) is 1. The van der Waals surface area contributed by atoms with Crippen molar-refractivity contribution in [3.05, 3.63) is 0 Å². The highest BCUT2D eigenvalue weighted by atomic mass is 16.3. The van der Waals surface area contributed by atoms with E-state index in [0.29, 0.717) is 0 Å². The molecule has 0 unspecified atom stereocenters. The van der Waals surface area contributed by atoms with E-state index >= 15 is 0 Å². The Kier molecular flexibility index (Phi) is 9.38. The zero-order valence-electron chi connectivity index (χ0n) is 19.8. The van der Waals surface area contributed by atoms with Crippen LogP contribution in [-0.2, 0) is 0 Å². The van der Waals surface area contributed by atoms with Crippen molar-refractivity contribution in [2.24, 2.45) is 0 Å². The molecule has 3 nitrogen and oxygen atoms in total. The van der Waals surface area contributed by atoms with Crippen molar-refractivity contribution in [1.29, 1.82) is 0 Å². The summed E-state index contributed by atoms with van der Waals surface area (Å²) in [6, 6.07) is 2.98. The van der Waals surface area contributed by atoms with Gasteiger partial charge in [0.05, 0.1) is 6.10 Å². The Balaban J connectivity index is 1.40. The van der Waals surface area contributed by atoms with Gasteiger partial charge >= 0.3 is 0 Å². The zero-order chi connectivity index (χ0) is 20.6. The number of rotatable bonds is 8. The maximum absolute atomic E-state index is 11.4. The van der Waals surface area contributed by atoms with Crippen molar-refractivity contribution in [2.75, 3.05) is 13.1 Å². The molecule has 3 heteroatoms. The molecule has 0 bridgehead atoms. The van der Waals surface area contributed by atoms with E-state index in [9.17, 15) is 5.11 Å². The molecular formula is C27H50N2O. The van der Waals surface area contributed by atoms with E-state index in [2.05, 4.69) is 9.80 Å². The van der Waals surface area contributed by atoms with Crippen LogP contribution in [0.25, 0.3) is 0 Å². The first-order chi connectivity index (χ1) is 14.8. The van der Waals surface area contributed by atoms with Crippen LogP contribution in [0, 0.1) is 0 Å². The van der Waals surface area contributed by atoms with Gasteiger partial charge in [0.1, 0.15) is 0 Å². The highest BCUT2D eigenvalue weighted by Gasteiger charge is 2.33. The summed E-state index contributed by atoms with van der Waals surface area (Å²) in [6.07, 6.45) is 27.7. The molecule has 0 aromatic heterocycles. The van der Waals surface area contributed by atoms with Crippen molar-refractivity contribution in [2.45, 2.75) is 159 Å². The van der Waals surface area contributed by atoms with Gasteiger partial charge in [0.2, 0.25) is 0 Å². The molecule has 4 aliphatic rings. The highest BCUT2D eigenvalue weighted by molar-refractivity contribution is 4.89. The third kappa shape index (κ3) is 6.45. The lowest BCUT2D eigenvalue weighted by Crippen LogP contribution is -2.53. The second kappa shape index (κ2) is 12.2. The second-order valence-corrected chi connectivity index (χ2v) is 11.2. The Morgan fingerprint density at radius 2 is 0.667 bits per heavy atom. The smallest absolute Gasteiger partial charge is 0.0794 e. The molecule has 0 aromatic rings. The van der Waals surface area contributed by atoms with E-state index in [1.165, 1.54) is 128 Å². The molecule has 0 heterocycles. The molecule has 1 N–H and O–H groups in total. The minimum atomic E-state index is -0.169. The van der Waals surface area contributed by atoms with Crippen LogP contribution in [0.2, 0.25) is 0 Å². The van der Waals surface area contributed by atoms with E-state index < -0.39 is 0 Å². The third-order valence-corrected chi connectivity index (χ3v) is 9.02. The van der Waals surface area contributed by atoms with Crippen molar-refractivity contribution in [1.82, 2.24) is 9.80 Å². The number of aliphatic hydroxyl groups excluding tert-OH is 1. The van der Waals surface area contributed by atoms with Gasteiger partial charge in [0.25, 0.3) is 0 Å². The minimum absolute atomic E-state index is 0.169. The molecule has 0 radical (unpaired) electrons. The summed E-state index contributed by atoms with van der Waals surface area (Å²) in [5.41, 5.74) is 0. The largest absolute Gasteiger partial charge is 0.390 e. The average Bonchev–Trinajstić information content (AvgIpc) is 2.83. The van der Waals surface area contributed by atoms with Crippen LogP contribution in [0.3, 0.4) is 0 Å². The van der Waals surface area contributed by atoms with E-state index in [-0.39, 0.29) is 6.10 Å². The van der Waals surface area contributed by atoms with Gasteiger partial charge in [0.15, 0.2) is 0 Å². The predicted molar refractivity (Wildman–Crippen MR) is 127 cm³/mol. The molecule has 4 aliphatic carbocycles. The fraction of sp³-hybridized carbons (Fsp3) is 1.00. The second-order valence-electron chi connectivity index (χ2n) is 11.2. The van der Waals surface area contributed by atoms with Crippen LogP contribution in [0.4, 0.5) is 0 Å². The van der Waals surface area contributed by atoms with Crippen LogP contribution in [0.5, 0.6) is 0 Å².